The topological polar surface area (TPSA) is 112 Å². The first-order chi connectivity index (χ1) is 21.4. The van der Waals surface area contributed by atoms with Crippen LogP contribution in [0.1, 0.15) is 18.4 Å². The second kappa shape index (κ2) is 11.7. The summed E-state index contributed by atoms with van der Waals surface area (Å²) >= 11 is 7.54. The van der Waals surface area contributed by atoms with E-state index in [0.717, 1.165) is 36.8 Å². The van der Waals surface area contributed by atoms with Gasteiger partial charge in [-0.05, 0) is 44.1 Å². The van der Waals surface area contributed by atoms with E-state index in [2.05, 4.69) is 14.9 Å². The number of anilines is 2. The first-order valence-corrected chi connectivity index (χ1v) is 15.1. The van der Waals surface area contributed by atoms with Gasteiger partial charge in [0, 0.05) is 48.6 Å². The quantitative estimate of drug-likeness (QED) is 0.275. The van der Waals surface area contributed by atoms with Crippen LogP contribution in [-0.4, -0.2) is 84.3 Å². The molecule has 4 heterocycles. The lowest BCUT2D eigenvalue weighted by Crippen LogP contribution is -2.52. The van der Waals surface area contributed by atoms with Crippen molar-refractivity contribution in [2.75, 3.05) is 57.0 Å². The number of amides is 1. The molecule has 0 unspecified atom stereocenters. The lowest BCUT2D eigenvalue weighted by Gasteiger charge is -2.36. The summed E-state index contributed by atoms with van der Waals surface area (Å²) < 4.78 is 76.6. The smallest absolute Gasteiger partial charge is 0.462 e. The summed E-state index contributed by atoms with van der Waals surface area (Å²) in [7, 11) is 1.96. The Labute approximate surface area is 262 Å². The number of nitriles is 1. The third kappa shape index (κ3) is 5.55. The molecular weight excluding hydrogens is 641 g/mol. The molecule has 1 amide bonds. The van der Waals surface area contributed by atoms with Crippen LogP contribution in [0.2, 0.25) is 5.02 Å². The van der Waals surface area contributed by atoms with Gasteiger partial charge in [-0.3, -0.25) is 4.79 Å². The molecule has 45 heavy (non-hydrogen) atoms. The van der Waals surface area contributed by atoms with Crippen molar-refractivity contribution >= 4 is 60.7 Å². The van der Waals surface area contributed by atoms with Crippen molar-refractivity contribution in [1.29, 1.82) is 5.26 Å². The summed E-state index contributed by atoms with van der Waals surface area (Å²) in [5.41, 5.74) is 5.77. The van der Waals surface area contributed by atoms with Crippen molar-refractivity contribution < 1.29 is 31.5 Å². The second-order valence-corrected chi connectivity index (χ2v) is 12.3. The average molecular weight is 666 g/mol. The van der Waals surface area contributed by atoms with Crippen molar-refractivity contribution in [3.05, 3.63) is 40.4 Å². The normalized spacial score (nSPS) is 17.8. The number of likely N-dealkylation sites (tertiary alicyclic amines) is 1. The van der Waals surface area contributed by atoms with Gasteiger partial charge in [-0.1, -0.05) is 17.7 Å². The molecule has 2 N–H and O–H groups in total. The SMILES string of the molecule is CN1CCC[C@H]1COc1nc(N2CCN(C(=O)C(F)(F)F)CC2)c2cc(Cl)c(-c3ccc(F)c4sc(N)c(C#N)c34)c(F)c2n1. The number of nitrogens with zero attached hydrogens (tertiary/aromatic N) is 6. The maximum atomic E-state index is 16.7. The van der Waals surface area contributed by atoms with Gasteiger partial charge in [0.05, 0.1) is 15.3 Å². The zero-order valence-electron chi connectivity index (χ0n) is 23.7. The van der Waals surface area contributed by atoms with E-state index < -0.39 is 23.7 Å². The van der Waals surface area contributed by atoms with Crippen LogP contribution in [0.15, 0.2) is 18.2 Å². The van der Waals surface area contributed by atoms with E-state index in [0.29, 0.717) is 4.90 Å². The predicted octanol–water partition coefficient (Wildman–Crippen LogP) is 5.58. The molecular formula is C29H25ClF5N7O2S. The highest BCUT2D eigenvalue weighted by atomic mass is 35.5. The third-order valence-corrected chi connectivity index (χ3v) is 9.55. The molecule has 0 aliphatic carbocycles. The number of nitrogens with two attached hydrogens (primary N) is 1. The molecule has 236 valence electrons. The molecule has 0 radical (unpaired) electrons. The van der Waals surface area contributed by atoms with Crippen LogP contribution in [0.3, 0.4) is 0 Å². The summed E-state index contributed by atoms with van der Waals surface area (Å²) in [6.45, 7) is 0.557. The lowest BCUT2D eigenvalue weighted by atomic mass is 9.97. The minimum absolute atomic E-state index is 0.0144. The molecule has 6 rings (SSSR count). The molecule has 2 aromatic carbocycles. The number of piperazine rings is 1. The molecule has 2 aliphatic rings. The molecule has 2 aromatic heterocycles. The number of carbonyl (C=O) groups is 1. The average Bonchev–Trinajstić information content (AvgIpc) is 3.58. The molecule has 4 aromatic rings. The van der Waals surface area contributed by atoms with Crippen LogP contribution in [0.25, 0.3) is 32.1 Å². The number of likely N-dealkylation sites (N-methyl/N-ethyl adjacent to an activating group) is 1. The van der Waals surface area contributed by atoms with Crippen LogP contribution in [0, 0.1) is 23.0 Å². The van der Waals surface area contributed by atoms with Crippen molar-refractivity contribution in [2.24, 2.45) is 0 Å². The Hall–Kier alpha value is -4.00. The Morgan fingerprint density at radius 3 is 2.58 bits per heavy atom. The van der Waals surface area contributed by atoms with Crippen molar-refractivity contribution in [3.63, 3.8) is 0 Å². The fourth-order valence-corrected chi connectivity index (χ4v) is 7.13. The number of carbonyl (C=O) groups excluding carboxylic acids is 1. The Morgan fingerprint density at radius 2 is 1.93 bits per heavy atom. The van der Waals surface area contributed by atoms with Crippen molar-refractivity contribution in [1.82, 2.24) is 19.8 Å². The fraction of sp³-hybridized carbons (Fsp3) is 0.379. The molecule has 16 heteroatoms. The molecule has 2 aliphatic heterocycles. The van der Waals surface area contributed by atoms with Gasteiger partial charge >= 0.3 is 18.1 Å². The minimum atomic E-state index is -5.00. The predicted molar refractivity (Wildman–Crippen MR) is 160 cm³/mol. The summed E-state index contributed by atoms with van der Waals surface area (Å²) in [6, 6.07) is 5.75. The van der Waals surface area contributed by atoms with E-state index in [-0.39, 0.29) is 98.4 Å². The lowest BCUT2D eigenvalue weighted by molar-refractivity contribution is -0.185. The number of ether oxygens (including phenoxy) is 1. The Morgan fingerprint density at radius 1 is 1.20 bits per heavy atom. The molecule has 0 spiro atoms. The van der Waals surface area contributed by atoms with Crippen molar-refractivity contribution in [2.45, 2.75) is 25.1 Å². The van der Waals surface area contributed by atoms with Gasteiger partial charge in [0.1, 0.15) is 34.8 Å². The number of rotatable bonds is 5. The molecule has 1 atom stereocenters. The summed E-state index contributed by atoms with van der Waals surface area (Å²) in [5.74, 6) is -3.29. The minimum Gasteiger partial charge on any atom is -0.462 e. The van der Waals surface area contributed by atoms with Crippen LogP contribution in [0.4, 0.5) is 32.8 Å². The van der Waals surface area contributed by atoms with E-state index >= 15 is 4.39 Å². The number of halogens is 6. The van der Waals surface area contributed by atoms with Gasteiger partial charge in [0.2, 0.25) is 0 Å². The third-order valence-electron chi connectivity index (χ3n) is 8.23. The number of hydrogen-bond acceptors (Lipinski definition) is 9. The zero-order chi connectivity index (χ0) is 32.2. The first kappa shape index (κ1) is 31.0. The molecule has 9 nitrogen and oxygen atoms in total. The highest BCUT2D eigenvalue weighted by Crippen LogP contribution is 2.45. The standard InChI is InChI=1S/C29H25ClF5N7O2S/c1-40-6-2-3-14(40)13-44-28-38-23-16(26(39-28)41-7-9-42(10-8-41)27(43)29(33,34)35)11-18(30)21(22(23)32)15-4-5-19(31)24-20(15)17(12-36)25(37)45-24/h4-5,11,14H,2-3,6-10,13,37H2,1H3/t14-/m0/s1. The molecule has 2 fully saturated rings. The van der Waals surface area contributed by atoms with Crippen LogP contribution >= 0.6 is 22.9 Å². The Balaban J connectivity index is 1.47. The largest absolute Gasteiger partial charge is 0.471 e. The van der Waals surface area contributed by atoms with Gasteiger partial charge in [-0.15, -0.1) is 11.3 Å². The number of alkyl halides is 3. The molecule has 2 saturated heterocycles. The van der Waals surface area contributed by atoms with Gasteiger partial charge < -0.3 is 25.2 Å². The maximum Gasteiger partial charge on any atom is 0.471 e. The number of aromatic nitrogens is 2. The number of nitrogen functional groups attached to an aromatic ring is 1. The van der Waals surface area contributed by atoms with Gasteiger partial charge in [0.25, 0.3) is 0 Å². The monoisotopic (exact) mass is 665 g/mol. The van der Waals surface area contributed by atoms with Gasteiger partial charge in [-0.25, -0.2) is 8.78 Å². The van der Waals surface area contributed by atoms with E-state index in [1.54, 1.807) is 4.90 Å². The van der Waals surface area contributed by atoms with E-state index in [1.807, 2.05) is 13.1 Å². The highest BCUT2D eigenvalue weighted by Gasteiger charge is 2.43. The van der Waals surface area contributed by atoms with Crippen LogP contribution < -0.4 is 15.4 Å². The summed E-state index contributed by atoms with van der Waals surface area (Å²) in [5, 5.41) is 9.99. The number of benzene rings is 2. The summed E-state index contributed by atoms with van der Waals surface area (Å²) in [4.78, 5) is 25.2. The summed E-state index contributed by atoms with van der Waals surface area (Å²) in [6.07, 6.45) is -3.14. The highest BCUT2D eigenvalue weighted by molar-refractivity contribution is 7.23. The second-order valence-electron chi connectivity index (χ2n) is 10.9. The van der Waals surface area contributed by atoms with Gasteiger partial charge in [0.15, 0.2) is 5.82 Å². The Kier molecular flexibility index (Phi) is 8.09. The molecule has 0 saturated carbocycles. The number of hydrogen-bond donors (Lipinski definition) is 1. The fourth-order valence-electron chi connectivity index (χ4n) is 5.88. The number of fused-ring (bicyclic) bond motifs is 2. The van der Waals surface area contributed by atoms with E-state index in [9.17, 15) is 27.6 Å². The molecule has 0 bridgehead atoms. The Bertz CT molecular complexity index is 1870. The first-order valence-electron chi connectivity index (χ1n) is 13.9. The zero-order valence-corrected chi connectivity index (χ0v) is 25.3. The number of thiophene rings is 1. The van der Waals surface area contributed by atoms with E-state index in [1.165, 1.54) is 12.1 Å². The van der Waals surface area contributed by atoms with Gasteiger partial charge in [-0.2, -0.15) is 28.4 Å². The van der Waals surface area contributed by atoms with Crippen LogP contribution in [-0.2, 0) is 4.79 Å². The van der Waals surface area contributed by atoms with Crippen molar-refractivity contribution in [3.8, 4) is 23.2 Å². The maximum absolute atomic E-state index is 16.7. The van der Waals surface area contributed by atoms with Crippen LogP contribution in [0.5, 0.6) is 6.01 Å². The van der Waals surface area contributed by atoms with E-state index in [4.69, 9.17) is 22.1 Å².